The number of carbonyl (C=O) groups excluding carboxylic acids is 2. The van der Waals surface area contributed by atoms with Gasteiger partial charge in [0.1, 0.15) is 16.7 Å². The number of benzene rings is 2. The van der Waals surface area contributed by atoms with Gasteiger partial charge in [0.05, 0.1) is 4.91 Å². The van der Waals surface area contributed by atoms with Crippen LogP contribution < -0.4 is 5.32 Å². The molecular formula is C21H17FN2O2S2. The van der Waals surface area contributed by atoms with E-state index in [0.29, 0.717) is 14.9 Å². The van der Waals surface area contributed by atoms with Crippen LogP contribution in [0.3, 0.4) is 0 Å². The summed E-state index contributed by atoms with van der Waals surface area (Å²) in [7, 11) is 0. The lowest BCUT2D eigenvalue weighted by molar-refractivity contribution is -0.126. The van der Waals surface area contributed by atoms with Crippen molar-refractivity contribution >= 4 is 51.9 Å². The minimum Gasteiger partial charge on any atom is -0.325 e. The summed E-state index contributed by atoms with van der Waals surface area (Å²) in [6.07, 6.45) is 3.73. The highest BCUT2D eigenvalue weighted by atomic mass is 32.2. The molecule has 0 radical (unpaired) electrons. The van der Waals surface area contributed by atoms with E-state index in [4.69, 9.17) is 12.2 Å². The van der Waals surface area contributed by atoms with Crippen molar-refractivity contribution in [2.75, 3.05) is 11.9 Å². The van der Waals surface area contributed by atoms with Crippen molar-refractivity contribution in [2.24, 2.45) is 0 Å². The molecule has 0 unspecified atom stereocenters. The van der Waals surface area contributed by atoms with Crippen LogP contribution in [0.2, 0.25) is 0 Å². The zero-order chi connectivity index (χ0) is 20.1. The molecule has 0 aromatic heterocycles. The number of halogens is 1. The third-order valence-electron chi connectivity index (χ3n) is 3.86. The van der Waals surface area contributed by atoms with E-state index in [1.807, 2.05) is 43.3 Å². The van der Waals surface area contributed by atoms with Gasteiger partial charge in [-0.3, -0.25) is 14.5 Å². The van der Waals surface area contributed by atoms with Crippen molar-refractivity contribution in [3.63, 3.8) is 0 Å². The molecule has 2 amide bonds. The summed E-state index contributed by atoms with van der Waals surface area (Å²) < 4.78 is 13.3. The number of carbonyl (C=O) groups is 2. The van der Waals surface area contributed by atoms with Gasteiger partial charge in [-0.1, -0.05) is 60.4 Å². The molecular weight excluding hydrogens is 395 g/mol. The van der Waals surface area contributed by atoms with Crippen molar-refractivity contribution in [1.29, 1.82) is 0 Å². The SMILES string of the molecule is CC(=Cc1ccccc1)C=C1SC(=S)N(CC(=O)Nc2ccc(F)cc2)C1=O. The smallest absolute Gasteiger partial charge is 0.266 e. The fourth-order valence-corrected chi connectivity index (χ4v) is 3.88. The van der Waals surface area contributed by atoms with E-state index in [0.717, 1.165) is 11.1 Å². The van der Waals surface area contributed by atoms with Crippen molar-refractivity contribution < 1.29 is 14.0 Å². The number of allylic oxidation sites excluding steroid dienone is 2. The van der Waals surface area contributed by atoms with Crippen LogP contribution in [0.1, 0.15) is 12.5 Å². The molecule has 0 spiro atoms. The predicted octanol–water partition coefficient (Wildman–Crippen LogP) is 4.61. The second-order valence-electron chi connectivity index (χ2n) is 6.12. The Labute approximate surface area is 172 Å². The lowest BCUT2D eigenvalue weighted by Gasteiger charge is -2.14. The Morgan fingerprint density at radius 1 is 1.18 bits per heavy atom. The number of nitrogens with one attached hydrogen (secondary N) is 1. The molecule has 0 bridgehead atoms. The Balaban J connectivity index is 1.66. The zero-order valence-electron chi connectivity index (χ0n) is 15.0. The van der Waals surface area contributed by atoms with Crippen LogP contribution in [0.4, 0.5) is 10.1 Å². The fourth-order valence-electron chi connectivity index (χ4n) is 2.57. The molecule has 1 saturated heterocycles. The minimum absolute atomic E-state index is 0.194. The second-order valence-corrected chi connectivity index (χ2v) is 7.80. The molecule has 7 heteroatoms. The summed E-state index contributed by atoms with van der Waals surface area (Å²) in [4.78, 5) is 26.6. The molecule has 3 rings (SSSR count). The van der Waals surface area contributed by atoms with Gasteiger partial charge in [-0.25, -0.2) is 4.39 Å². The topological polar surface area (TPSA) is 49.4 Å². The van der Waals surface area contributed by atoms with Gasteiger partial charge in [0.25, 0.3) is 5.91 Å². The lowest BCUT2D eigenvalue weighted by Crippen LogP contribution is -2.36. The highest BCUT2D eigenvalue weighted by Gasteiger charge is 2.33. The summed E-state index contributed by atoms with van der Waals surface area (Å²) >= 11 is 6.42. The molecule has 2 aromatic carbocycles. The fraction of sp³-hybridized carbons (Fsp3) is 0.0952. The Morgan fingerprint density at radius 3 is 2.54 bits per heavy atom. The maximum Gasteiger partial charge on any atom is 0.266 e. The van der Waals surface area contributed by atoms with Crippen molar-refractivity contribution in [2.45, 2.75) is 6.92 Å². The van der Waals surface area contributed by atoms with E-state index in [1.54, 1.807) is 6.08 Å². The Hall–Kier alpha value is -2.77. The average molecular weight is 413 g/mol. The molecule has 0 saturated carbocycles. The van der Waals surface area contributed by atoms with Crippen LogP contribution in [0, 0.1) is 5.82 Å². The molecule has 1 N–H and O–H groups in total. The molecule has 28 heavy (non-hydrogen) atoms. The summed E-state index contributed by atoms with van der Waals surface area (Å²) in [5.74, 6) is -1.09. The molecule has 1 fully saturated rings. The van der Waals surface area contributed by atoms with E-state index in [-0.39, 0.29) is 18.3 Å². The third kappa shape index (κ3) is 5.15. The number of amides is 2. The summed E-state index contributed by atoms with van der Waals surface area (Å²) in [5, 5.41) is 2.63. The Bertz CT molecular complexity index is 970. The second kappa shape index (κ2) is 8.95. The van der Waals surface area contributed by atoms with Gasteiger partial charge in [-0.2, -0.15) is 0 Å². The molecule has 142 valence electrons. The average Bonchev–Trinajstić information content (AvgIpc) is 2.91. The summed E-state index contributed by atoms with van der Waals surface area (Å²) in [5.41, 5.74) is 2.39. The largest absolute Gasteiger partial charge is 0.325 e. The normalized spacial score (nSPS) is 16.0. The molecule has 1 heterocycles. The summed E-state index contributed by atoms with van der Waals surface area (Å²) in [6.45, 7) is 1.71. The molecule has 0 aliphatic carbocycles. The first-order valence-corrected chi connectivity index (χ1v) is 9.69. The van der Waals surface area contributed by atoms with Gasteiger partial charge < -0.3 is 5.32 Å². The van der Waals surface area contributed by atoms with Crippen LogP contribution in [0.5, 0.6) is 0 Å². The Kier molecular flexibility index (Phi) is 6.38. The van der Waals surface area contributed by atoms with Crippen LogP contribution in [-0.4, -0.2) is 27.6 Å². The Morgan fingerprint density at radius 2 is 1.86 bits per heavy atom. The van der Waals surface area contributed by atoms with Gasteiger partial charge in [0.2, 0.25) is 5.91 Å². The molecule has 1 aliphatic heterocycles. The minimum atomic E-state index is -0.402. The predicted molar refractivity (Wildman–Crippen MR) is 115 cm³/mol. The maximum absolute atomic E-state index is 12.9. The van der Waals surface area contributed by atoms with Crippen LogP contribution >= 0.6 is 24.0 Å². The first-order chi connectivity index (χ1) is 13.4. The van der Waals surface area contributed by atoms with E-state index >= 15 is 0 Å². The number of anilines is 1. The first-order valence-electron chi connectivity index (χ1n) is 8.46. The van der Waals surface area contributed by atoms with Crippen LogP contribution in [0.25, 0.3) is 6.08 Å². The van der Waals surface area contributed by atoms with Crippen molar-refractivity contribution in [1.82, 2.24) is 4.90 Å². The molecule has 2 aromatic rings. The highest BCUT2D eigenvalue weighted by Crippen LogP contribution is 2.32. The molecule has 0 atom stereocenters. The van der Waals surface area contributed by atoms with Crippen molar-refractivity contribution in [3.05, 3.63) is 82.5 Å². The maximum atomic E-state index is 12.9. The van der Waals surface area contributed by atoms with Gasteiger partial charge in [0.15, 0.2) is 0 Å². The number of thiocarbonyl (C=S) groups is 1. The number of hydrogen-bond donors (Lipinski definition) is 1. The lowest BCUT2D eigenvalue weighted by atomic mass is 10.1. The van der Waals surface area contributed by atoms with Crippen LogP contribution in [-0.2, 0) is 9.59 Å². The van der Waals surface area contributed by atoms with Crippen LogP contribution in [0.15, 0.2) is 71.2 Å². The van der Waals surface area contributed by atoms with Gasteiger partial charge in [-0.05, 0) is 48.4 Å². The van der Waals surface area contributed by atoms with Crippen molar-refractivity contribution in [3.8, 4) is 0 Å². The highest BCUT2D eigenvalue weighted by molar-refractivity contribution is 8.26. The quantitative estimate of drug-likeness (QED) is 0.575. The molecule has 4 nitrogen and oxygen atoms in total. The number of rotatable bonds is 5. The first kappa shape index (κ1) is 20.0. The van der Waals surface area contributed by atoms with E-state index in [2.05, 4.69) is 5.32 Å². The monoisotopic (exact) mass is 412 g/mol. The van der Waals surface area contributed by atoms with E-state index < -0.39 is 5.91 Å². The summed E-state index contributed by atoms with van der Waals surface area (Å²) in [6, 6.07) is 15.2. The van der Waals surface area contributed by atoms with Gasteiger partial charge in [-0.15, -0.1) is 0 Å². The number of thioether (sulfide) groups is 1. The zero-order valence-corrected chi connectivity index (χ0v) is 16.6. The van der Waals surface area contributed by atoms with Gasteiger partial charge >= 0.3 is 0 Å². The van der Waals surface area contributed by atoms with E-state index in [9.17, 15) is 14.0 Å². The van der Waals surface area contributed by atoms with Gasteiger partial charge in [0, 0.05) is 5.69 Å². The number of nitrogens with zero attached hydrogens (tertiary/aromatic N) is 1. The third-order valence-corrected chi connectivity index (χ3v) is 5.23. The molecule has 1 aliphatic rings. The van der Waals surface area contributed by atoms with E-state index in [1.165, 1.54) is 40.9 Å². The number of hydrogen-bond acceptors (Lipinski definition) is 4. The standard InChI is InChI=1S/C21H17FN2O2S2/c1-14(11-15-5-3-2-4-6-15)12-18-20(26)24(21(27)28-18)13-19(25)23-17-9-7-16(22)8-10-17/h2-12H,13H2,1H3,(H,23,25).